The van der Waals surface area contributed by atoms with Gasteiger partial charge in [-0.3, -0.25) is 4.79 Å². The number of benzene rings is 2. The van der Waals surface area contributed by atoms with Crippen molar-refractivity contribution in [3.8, 4) is 11.4 Å². The van der Waals surface area contributed by atoms with Crippen LogP contribution >= 0.6 is 23.4 Å². The van der Waals surface area contributed by atoms with Gasteiger partial charge in [-0.05, 0) is 37.6 Å². The lowest BCUT2D eigenvalue weighted by atomic mass is 10.2. The molecule has 1 N–H and O–H groups in total. The average molecular weight is 387 g/mol. The maximum absolute atomic E-state index is 12.3. The summed E-state index contributed by atoms with van der Waals surface area (Å²) in [5.74, 6) is 0.943. The van der Waals surface area contributed by atoms with Gasteiger partial charge in [0.15, 0.2) is 11.0 Å². The Balaban J connectivity index is 1.71. The number of anilines is 1. The number of amides is 1. The number of hydrogen-bond acceptors (Lipinski definition) is 4. The van der Waals surface area contributed by atoms with Crippen molar-refractivity contribution in [3.63, 3.8) is 0 Å². The normalized spacial score (nSPS) is 10.7. The van der Waals surface area contributed by atoms with E-state index in [1.165, 1.54) is 11.8 Å². The van der Waals surface area contributed by atoms with E-state index in [0.29, 0.717) is 16.7 Å². The van der Waals surface area contributed by atoms with E-state index in [0.717, 1.165) is 22.6 Å². The molecule has 134 valence electrons. The Morgan fingerprint density at radius 1 is 1.19 bits per heavy atom. The first kappa shape index (κ1) is 18.5. The first-order chi connectivity index (χ1) is 12.6. The molecule has 0 bridgehead atoms. The number of hydrogen-bond donors (Lipinski definition) is 1. The fraction of sp³-hybridized carbons (Fsp3) is 0.211. The highest BCUT2D eigenvalue weighted by atomic mass is 35.5. The molecular formula is C19H19ClN4OS. The topological polar surface area (TPSA) is 59.8 Å². The van der Waals surface area contributed by atoms with E-state index in [1.54, 1.807) is 0 Å². The number of rotatable bonds is 6. The second-order valence-corrected chi connectivity index (χ2v) is 7.09. The Hall–Kier alpha value is -2.31. The summed E-state index contributed by atoms with van der Waals surface area (Å²) in [5, 5.41) is 12.8. The predicted molar refractivity (Wildman–Crippen MR) is 107 cm³/mol. The van der Waals surface area contributed by atoms with E-state index in [2.05, 4.69) is 15.5 Å². The van der Waals surface area contributed by atoms with Gasteiger partial charge in [-0.1, -0.05) is 53.7 Å². The number of nitrogens with one attached hydrogen (secondary N) is 1. The standard InChI is InChI=1S/C19H19ClN4OS/c1-3-24-18(14-8-6-9-15(20)11-14)22-23-19(24)26-12-17(25)21-16-10-5-4-7-13(16)2/h4-11H,3,12H2,1-2H3,(H,21,25). The van der Waals surface area contributed by atoms with Crippen molar-refractivity contribution in [3.05, 3.63) is 59.1 Å². The van der Waals surface area contributed by atoms with Crippen LogP contribution < -0.4 is 5.32 Å². The van der Waals surface area contributed by atoms with Gasteiger partial charge in [0.25, 0.3) is 0 Å². The summed E-state index contributed by atoms with van der Waals surface area (Å²) in [5.41, 5.74) is 2.77. The molecule has 2 aromatic carbocycles. The Labute approximate surface area is 161 Å². The zero-order chi connectivity index (χ0) is 18.5. The van der Waals surface area contributed by atoms with Gasteiger partial charge in [-0.25, -0.2) is 0 Å². The van der Waals surface area contributed by atoms with Crippen molar-refractivity contribution in [2.45, 2.75) is 25.5 Å². The molecule has 0 atom stereocenters. The van der Waals surface area contributed by atoms with E-state index < -0.39 is 0 Å². The summed E-state index contributed by atoms with van der Waals surface area (Å²) in [6.45, 7) is 4.69. The van der Waals surface area contributed by atoms with Crippen LogP contribution in [0.2, 0.25) is 5.02 Å². The maximum atomic E-state index is 12.3. The third kappa shape index (κ3) is 4.26. The van der Waals surface area contributed by atoms with Crippen LogP contribution in [-0.4, -0.2) is 26.4 Å². The molecule has 5 nitrogen and oxygen atoms in total. The fourth-order valence-electron chi connectivity index (χ4n) is 2.55. The smallest absolute Gasteiger partial charge is 0.234 e. The van der Waals surface area contributed by atoms with Gasteiger partial charge in [-0.2, -0.15) is 0 Å². The Morgan fingerprint density at radius 3 is 2.73 bits per heavy atom. The predicted octanol–water partition coefficient (Wildman–Crippen LogP) is 4.66. The highest BCUT2D eigenvalue weighted by molar-refractivity contribution is 7.99. The highest BCUT2D eigenvalue weighted by Crippen LogP contribution is 2.26. The lowest BCUT2D eigenvalue weighted by Gasteiger charge is -2.09. The van der Waals surface area contributed by atoms with Gasteiger partial charge in [0.2, 0.25) is 5.91 Å². The molecule has 0 spiro atoms. The molecule has 0 fully saturated rings. The average Bonchev–Trinajstić information content (AvgIpc) is 3.05. The molecule has 0 saturated heterocycles. The van der Waals surface area contributed by atoms with Crippen molar-refractivity contribution in [2.75, 3.05) is 11.1 Å². The van der Waals surface area contributed by atoms with E-state index in [1.807, 2.05) is 66.9 Å². The number of para-hydroxylation sites is 1. The number of carbonyl (C=O) groups excluding carboxylic acids is 1. The lowest BCUT2D eigenvalue weighted by Crippen LogP contribution is -2.15. The number of halogens is 1. The van der Waals surface area contributed by atoms with Gasteiger partial charge in [0.1, 0.15) is 0 Å². The minimum absolute atomic E-state index is 0.0701. The molecule has 26 heavy (non-hydrogen) atoms. The molecule has 1 amide bonds. The van der Waals surface area contributed by atoms with Crippen LogP contribution in [0.25, 0.3) is 11.4 Å². The molecular weight excluding hydrogens is 368 g/mol. The largest absolute Gasteiger partial charge is 0.325 e. The van der Waals surface area contributed by atoms with E-state index >= 15 is 0 Å². The highest BCUT2D eigenvalue weighted by Gasteiger charge is 2.15. The molecule has 7 heteroatoms. The molecule has 0 radical (unpaired) electrons. The molecule has 1 heterocycles. The monoisotopic (exact) mass is 386 g/mol. The summed E-state index contributed by atoms with van der Waals surface area (Å²) in [4.78, 5) is 12.3. The first-order valence-corrected chi connectivity index (χ1v) is 9.62. The first-order valence-electron chi connectivity index (χ1n) is 8.26. The van der Waals surface area contributed by atoms with Crippen molar-refractivity contribution in [2.24, 2.45) is 0 Å². The molecule has 0 aliphatic carbocycles. The zero-order valence-corrected chi connectivity index (χ0v) is 16.1. The maximum Gasteiger partial charge on any atom is 0.234 e. The number of nitrogens with zero attached hydrogens (tertiary/aromatic N) is 3. The van der Waals surface area contributed by atoms with E-state index in [4.69, 9.17) is 11.6 Å². The molecule has 0 aliphatic rings. The number of carbonyl (C=O) groups is 1. The molecule has 0 aliphatic heterocycles. The third-order valence-electron chi connectivity index (χ3n) is 3.87. The minimum Gasteiger partial charge on any atom is -0.325 e. The Bertz CT molecular complexity index is 925. The van der Waals surface area contributed by atoms with Gasteiger partial charge in [-0.15, -0.1) is 10.2 Å². The van der Waals surface area contributed by atoms with Crippen LogP contribution in [0.1, 0.15) is 12.5 Å². The fourth-order valence-corrected chi connectivity index (χ4v) is 3.54. The van der Waals surface area contributed by atoms with Crippen LogP contribution in [0.4, 0.5) is 5.69 Å². The number of thioether (sulfide) groups is 1. The summed E-state index contributed by atoms with van der Waals surface area (Å²) in [7, 11) is 0. The van der Waals surface area contributed by atoms with Gasteiger partial charge >= 0.3 is 0 Å². The third-order valence-corrected chi connectivity index (χ3v) is 5.07. The van der Waals surface area contributed by atoms with Crippen molar-refractivity contribution < 1.29 is 4.79 Å². The number of aromatic nitrogens is 3. The van der Waals surface area contributed by atoms with Crippen LogP contribution in [0, 0.1) is 6.92 Å². The van der Waals surface area contributed by atoms with Gasteiger partial charge in [0.05, 0.1) is 5.75 Å². The van der Waals surface area contributed by atoms with Crippen LogP contribution in [0.5, 0.6) is 0 Å². The summed E-state index contributed by atoms with van der Waals surface area (Å²) in [6, 6.07) is 15.2. The Morgan fingerprint density at radius 2 is 2.00 bits per heavy atom. The molecule has 3 aromatic rings. The summed E-state index contributed by atoms with van der Waals surface area (Å²) in [6.07, 6.45) is 0. The summed E-state index contributed by atoms with van der Waals surface area (Å²) < 4.78 is 1.98. The van der Waals surface area contributed by atoms with Crippen molar-refractivity contribution in [1.82, 2.24) is 14.8 Å². The minimum atomic E-state index is -0.0701. The van der Waals surface area contributed by atoms with Crippen molar-refractivity contribution >= 4 is 35.0 Å². The summed E-state index contributed by atoms with van der Waals surface area (Å²) >= 11 is 7.44. The molecule has 3 rings (SSSR count). The second kappa shape index (κ2) is 8.38. The molecule has 0 unspecified atom stereocenters. The van der Waals surface area contributed by atoms with Crippen LogP contribution in [0.15, 0.2) is 53.7 Å². The SMILES string of the molecule is CCn1c(SCC(=O)Nc2ccccc2C)nnc1-c1cccc(Cl)c1. The van der Waals surface area contributed by atoms with Gasteiger partial charge in [0, 0.05) is 22.8 Å². The molecule has 0 saturated carbocycles. The quantitative estimate of drug-likeness (QED) is 0.626. The Kier molecular flexibility index (Phi) is 5.96. The second-order valence-electron chi connectivity index (χ2n) is 5.71. The lowest BCUT2D eigenvalue weighted by molar-refractivity contribution is -0.113. The van der Waals surface area contributed by atoms with E-state index in [-0.39, 0.29) is 11.7 Å². The number of aryl methyl sites for hydroxylation is 1. The zero-order valence-electron chi connectivity index (χ0n) is 14.6. The van der Waals surface area contributed by atoms with Crippen molar-refractivity contribution in [1.29, 1.82) is 0 Å². The van der Waals surface area contributed by atoms with E-state index in [9.17, 15) is 4.79 Å². The van der Waals surface area contributed by atoms with Crippen LogP contribution in [-0.2, 0) is 11.3 Å². The van der Waals surface area contributed by atoms with Gasteiger partial charge < -0.3 is 9.88 Å². The van der Waals surface area contributed by atoms with Crippen LogP contribution in [0.3, 0.4) is 0 Å². The molecule has 1 aromatic heterocycles.